The molecular formula is C17H20ClN3O2S. The molecule has 1 aliphatic carbocycles. The van der Waals surface area contributed by atoms with Crippen molar-refractivity contribution in [1.82, 2.24) is 5.32 Å². The number of nitrogens with two attached hydrogens (primary N) is 1. The Labute approximate surface area is 151 Å². The quantitative estimate of drug-likeness (QED) is 0.735. The van der Waals surface area contributed by atoms with Gasteiger partial charge in [-0.1, -0.05) is 12.1 Å². The highest BCUT2D eigenvalue weighted by atomic mass is 35.5. The molecule has 0 bridgehead atoms. The number of amides is 2. The predicted octanol–water partition coefficient (Wildman–Crippen LogP) is 2.89. The molecule has 1 heterocycles. The van der Waals surface area contributed by atoms with Crippen molar-refractivity contribution in [3.05, 3.63) is 52.2 Å². The summed E-state index contributed by atoms with van der Waals surface area (Å²) in [4.78, 5) is 24.9. The zero-order valence-corrected chi connectivity index (χ0v) is 14.7. The Morgan fingerprint density at radius 2 is 2.00 bits per heavy atom. The third kappa shape index (κ3) is 4.80. The fraction of sp³-hybridized carbons (Fsp3) is 0.294. The lowest BCUT2D eigenvalue weighted by Gasteiger charge is -2.12. The summed E-state index contributed by atoms with van der Waals surface area (Å²) in [6.45, 7) is 0.481. The normalized spacial score (nSPS) is 14.4. The summed E-state index contributed by atoms with van der Waals surface area (Å²) in [5, 5.41) is 7.50. The Hall–Kier alpha value is -1.89. The number of thiophene rings is 1. The molecule has 24 heavy (non-hydrogen) atoms. The van der Waals surface area contributed by atoms with Crippen molar-refractivity contribution < 1.29 is 9.59 Å². The van der Waals surface area contributed by atoms with Crippen molar-refractivity contribution in [2.75, 3.05) is 11.9 Å². The van der Waals surface area contributed by atoms with Gasteiger partial charge in [-0.2, -0.15) is 0 Å². The van der Waals surface area contributed by atoms with Crippen LogP contribution in [-0.2, 0) is 0 Å². The van der Waals surface area contributed by atoms with Gasteiger partial charge in [0.15, 0.2) is 0 Å². The van der Waals surface area contributed by atoms with Crippen molar-refractivity contribution in [3.8, 4) is 0 Å². The van der Waals surface area contributed by atoms with Crippen LogP contribution < -0.4 is 16.4 Å². The van der Waals surface area contributed by atoms with Gasteiger partial charge in [-0.3, -0.25) is 9.59 Å². The number of hydrogen-bond acceptors (Lipinski definition) is 4. The van der Waals surface area contributed by atoms with E-state index in [0.29, 0.717) is 28.6 Å². The van der Waals surface area contributed by atoms with Gasteiger partial charge in [0.1, 0.15) is 0 Å². The lowest BCUT2D eigenvalue weighted by molar-refractivity contribution is 0.0949. The lowest BCUT2D eigenvalue weighted by Crippen LogP contribution is -2.38. The van der Waals surface area contributed by atoms with E-state index >= 15 is 0 Å². The van der Waals surface area contributed by atoms with Crippen LogP contribution in [0.2, 0.25) is 0 Å². The second kappa shape index (κ2) is 8.28. The topological polar surface area (TPSA) is 84.2 Å². The number of nitrogens with one attached hydrogen (secondary N) is 2. The molecule has 1 atom stereocenters. The molecular weight excluding hydrogens is 346 g/mol. The monoisotopic (exact) mass is 365 g/mol. The van der Waals surface area contributed by atoms with E-state index in [0.717, 1.165) is 12.8 Å². The maximum atomic E-state index is 12.2. The molecule has 1 aliphatic rings. The zero-order chi connectivity index (χ0) is 16.2. The molecule has 0 aliphatic heterocycles. The van der Waals surface area contributed by atoms with E-state index < -0.39 is 0 Å². The van der Waals surface area contributed by atoms with Gasteiger partial charge in [0.2, 0.25) is 0 Å². The van der Waals surface area contributed by atoms with Gasteiger partial charge in [-0.25, -0.2) is 0 Å². The van der Waals surface area contributed by atoms with E-state index in [1.54, 1.807) is 30.3 Å². The zero-order valence-electron chi connectivity index (χ0n) is 13.0. The standard InChI is InChI=1S/C17H19N3O2S.ClH/c18-14(11-6-7-11)10-19-16(21)12-3-1-4-13(9-12)20-17(22)15-5-2-8-23-15;/h1-5,8-9,11,14H,6-7,10,18H2,(H,19,21)(H,20,22);1H. The average Bonchev–Trinajstić information content (AvgIpc) is 3.26. The summed E-state index contributed by atoms with van der Waals surface area (Å²) in [6, 6.07) is 10.5. The highest BCUT2D eigenvalue weighted by molar-refractivity contribution is 7.12. The van der Waals surface area contributed by atoms with Crippen LogP contribution in [0, 0.1) is 5.92 Å². The average molecular weight is 366 g/mol. The molecule has 1 fully saturated rings. The van der Waals surface area contributed by atoms with Crippen LogP contribution in [0.15, 0.2) is 41.8 Å². The number of benzene rings is 1. The number of carbonyl (C=O) groups is 2. The van der Waals surface area contributed by atoms with Gasteiger partial charge in [-0.15, -0.1) is 23.7 Å². The molecule has 2 amide bonds. The fourth-order valence-electron chi connectivity index (χ4n) is 2.34. The molecule has 3 rings (SSSR count). The first-order chi connectivity index (χ1) is 11.1. The van der Waals surface area contributed by atoms with Gasteiger partial charge in [0, 0.05) is 23.8 Å². The molecule has 0 radical (unpaired) electrons. The number of anilines is 1. The van der Waals surface area contributed by atoms with Crippen LogP contribution in [0.1, 0.15) is 32.9 Å². The molecule has 0 spiro atoms. The number of rotatable bonds is 6. The van der Waals surface area contributed by atoms with Crippen molar-refractivity contribution in [2.24, 2.45) is 11.7 Å². The largest absolute Gasteiger partial charge is 0.350 e. The van der Waals surface area contributed by atoms with E-state index in [9.17, 15) is 9.59 Å². The van der Waals surface area contributed by atoms with Crippen LogP contribution in [-0.4, -0.2) is 24.4 Å². The lowest BCUT2D eigenvalue weighted by atomic mass is 10.1. The molecule has 1 aromatic carbocycles. The van der Waals surface area contributed by atoms with Crippen LogP contribution in [0.3, 0.4) is 0 Å². The van der Waals surface area contributed by atoms with Gasteiger partial charge >= 0.3 is 0 Å². The third-order valence-electron chi connectivity index (χ3n) is 3.85. The van der Waals surface area contributed by atoms with Gasteiger partial charge in [-0.05, 0) is 48.4 Å². The van der Waals surface area contributed by atoms with Gasteiger partial charge in [0.05, 0.1) is 4.88 Å². The van der Waals surface area contributed by atoms with E-state index in [-0.39, 0.29) is 30.3 Å². The maximum absolute atomic E-state index is 12.2. The Bertz CT molecular complexity index is 702. The summed E-state index contributed by atoms with van der Waals surface area (Å²) in [7, 11) is 0. The Kier molecular flexibility index (Phi) is 6.36. The number of halogens is 1. The third-order valence-corrected chi connectivity index (χ3v) is 4.72. The maximum Gasteiger partial charge on any atom is 0.265 e. The Morgan fingerprint density at radius 3 is 2.67 bits per heavy atom. The van der Waals surface area contributed by atoms with Gasteiger partial charge < -0.3 is 16.4 Å². The molecule has 1 unspecified atom stereocenters. The smallest absolute Gasteiger partial charge is 0.265 e. The van der Waals surface area contributed by atoms with Crippen molar-refractivity contribution >= 4 is 41.2 Å². The van der Waals surface area contributed by atoms with Crippen LogP contribution in [0.4, 0.5) is 5.69 Å². The summed E-state index contributed by atoms with van der Waals surface area (Å²) < 4.78 is 0. The highest BCUT2D eigenvalue weighted by Crippen LogP contribution is 2.31. The first kappa shape index (κ1) is 18.4. The highest BCUT2D eigenvalue weighted by Gasteiger charge is 2.28. The Balaban J connectivity index is 0.00000208. The van der Waals surface area contributed by atoms with E-state index in [1.807, 2.05) is 11.4 Å². The first-order valence-corrected chi connectivity index (χ1v) is 8.50. The summed E-state index contributed by atoms with van der Waals surface area (Å²) in [6.07, 6.45) is 2.31. The van der Waals surface area contributed by atoms with E-state index in [1.165, 1.54) is 11.3 Å². The fourth-order valence-corrected chi connectivity index (χ4v) is 2.96. The SMILES string of the molecule is Cl.NC(CNC(=O)c1cccc(NC(=O)c2cccs2)c1)C1CC1. The summed E-state index contributed by atoms with van der Waals surface area (Å²) >= 11 is 1.38. The number of carbonyl (C=O) groups excluding carboxylic acids is 2. The van der Waals surface area contributed by atoms with E-state index in [2.05, 4.69) is 10.6 Å². The molecule has 1 aromatic heterocycles. The minimum absolute atomic E-state index is 0. The predicted molar refractivity (Wildman–Crippen MR) is 99.0 cm³/mol. The summed E-state index contributed by atoms with van der Waals surface area (Å²) in [5.74, 6) is 0.202. The first-order valence-electron chi connectivity index (χ1n) is 7.62. The molecule has 5 nitrogen and oxygen atoms in total. The Morgan fingerprint density at radius 1 is 1.21 bits per heavy atom. The van der Waals surface area contributed by atoms with Gasteiger partial charge in [0.25, 0.3) is 11.8 Å². The minimum Gasteiger partial charge on any atom is -0.350 e. The number of hydrogen-bond donors (Lipinski definition) is 3. The van der Waals surface area contributed by atoms with Crippen LogP contribution in [0.25, 0.3) is 0 Å². The van der Waals surface area contributed by atoms with Crippen molar-refractivity contribution in [1.29, 1.82) is 0 Å². The molecule has 2 aromatic rings. The molecule has 7 heteroatoms. The second-order valence-corrected chi connectivity index (χ2v) is 6.67. The van der Waals surface area contributed by atoms with Crippen LogP contribution in [0.5, 0.6) is 0 Å². The second-order valence-electron chi connectivity index (χ2n) is 5.72. The minimum atomic E-state index is -0.173. The molecule has 4 N–H and O–H groups in total. The van der Waals surface area contributed by atoms with Crippen molar-refractivity contribution in [2.45, 2.75) is 18.9 Å². The molecule has 1 saturated carbocycles. The van der Waals surface area contributed by atoms with E-state index in [4.69, 9.17) is 5.73 Å². The van der Waals surface area contributed by atoms with Crippen LogP contribution >= 0.6 is 23.7 Å². The molecule has 0 saturated heterocycles. The molecule has 128 valence electrons. The summed E-state index contributed by atoms with van der Waals surface area (Å²) in [5.41, 5.74) is 7.10. The van der Waals surface area contributed by atoms with Crippen molar-refractivity contribution in [3.63, 3.8) is 0 Å².